The second kappa shape index (κ2) is 9.07. The summed E-state index contributed by atoms with van der Waals surface area (Å²) in [5, 5.41) is 0.00574. The van der Waals surface area contributed by atoms with Crippen LogP contribution in [0.3, 0.4) is 0 Å². The second-order valence-electron chi connectivity index (χ2n) is 10.4. The van der Waals surface area contributed by atoms with E-state index in [4.69, 9.17) is 21.1 Å². The van der Waals surface area contributed by atoms with Gasteiger partial charge in [-0.2, -0.15) is 0 Å². The van der Waals surface area contributed by atoms with Gasteiger partial charge < -0.3 is 9.47 Å². The monoisotopic (exact) mass is 511 g/mol. The van der Waals surface area contributed by atoms with Crippen molar-refractivity contribution in [1.82, 2.24) is 4.90 Å². The van der Waals surface area contributed by atoms with E-state index >= 15 is 4.39 Å². The van der Waals surface area contributed by atoms with E-state index in [0.29, 0.717) is 11.3 Å². The number of nitrogens with zero attached hydrogens (tertiary/aromatic N) is 1. The van der Waals surface area contributed by atoms with Gasteiger partial charge in [0.15, 0.2) is 5.60 Å². The number of alkyl halides is 1. The molecular formula is C29H28ClF2NO3. The zero-order valence-electron chi connectivity index (χ0n) is 20.4. The van der Waals surface area contributed by atoms with Gasteiger partial charge in [-0.05, 0) is 31.9 Å². The van der Waals surface area contributed by atoms with Crippen LogP contribution < -0.4 is 4.74 Å². The molecule has 0 bridgehead atoms. The number of carbonyl (C=O) groups excluding carboxylic acids is 1. The van der Waals surface area contributed by atoms with E-state index in [0.717, 1.165) is 16.7 Å². The lowest BCUT2D eigenvalue weighted by Gasteiger charge is -2.40. The highest BCUT2D eigenvalue weighted by Crippen LogP contribution is 2.52. The van der Waals surface area contributed by atoms with Crippen LogP contribution in [0.4, 0.5) is 13.6 Å². The number of hydrogen-bond donors (Lipinski definition) is 0. The normalized spacial score (nSPS) is 23.3. The summed E-state index contributed by atoms with van der Waals surface area (Å²) in [6, 6.07) is 19.3. The van der Waals surface area contributed by atoms with Crippen molar-refractivity contribution < 1.29 is 23.0 Å². The predicted octanol–water partition coefficient (Wildman–Crippen LogP) is 7.32. The molecular weight excluding hydrogens is 484 g/mol. The first-order valence-electron chi connectivity index (χ1n) is 12.0. The Morgan fingerprint density at radius 2 is 1.75 bits per heavy atom. The van der Waals surface area contributed by atoms with Crippen molar-refractivity contribution in [3.05, 3.63) is 88.7 Å². The van der Waals surface area contributed by atoms with Gasteiger partial charge in [0.2, 0.25) is 0 Å². The molecule has 1 saturated heterocycles. The van der Waals surface area contributed by atoms with E-state index in [2.05, 4.69) is 0 Å². The smallest absolute Gasteiger partial charge is 0.410 e. The predicted molar refractivity (Wildman–Crippen MR) is 136 cm³/mol. The molecule has 3 aromatic carbocycles. The Hall–Kier alpha value is -3.12. The van der Waals surface area contributed by atoms with Crippen LogP contribution in [0.2, 0.25) is 5.02 Å². The van der Waals surface area contributed by atoms with Gasteiger partial charge in [-0.25, -0.2) is 13.6 Å². The van der Waals surface area contributed by atoms with Crippen molar-refractivity contribution in [3.8, 4) is 16.9 Å². The molecule has 3 aromatic rings. The molecule has 7 heteroatoms. The Bertz CT molecular complexity index is 1280. The van der Waals surface area contributed by atoms with Gasteiger partial charge in [-0.3, -0.25) is 4.90 Å². The number of hydrogen-bond acceptors (Lipinski definition) is 3. The maximum Gasteiger partial charge on any atom is 0.410 e. The van der Waals surface area contributed by atoms with Crippen LogP contribution >= 0.6 is 11.6 Å². The van der Waals surface area contributed by atoms with E-state index in [-0.39, 0.29) is 24.4 Å². The van der Waals surface area contributed by atoms with Gasteiger partial charge in [0.05, 0.1) is 17.6 Å². The number of benzene rings is 3. The second-order valence-corrected chi connectivity index (χ2v) is 10.8. The lowest BCUT2D eigenvalue weighted by molar-refractivity contribution is -0.0216. The molecule has 2 aliphatic rings. The molecule has 188 valence electrons. The van der Waals surface area contributed by atoms with Crippen LogP contribution in [0, 0.1) is 5.82 Å². The van der Waals surface area contributed by atoms with Gasteiger partial charge >= 0.3 is 6.09 Å². The van der Waals surface area contributed by atoms with E-state index in [1.807, 2.05) is 60.7 Å². The third-order valence-corrected chi connectivity index (χ3v) is 7.13. The molecule has 3 atom stereocenters. The highest BCUT2D eigenvalue weighted by atomic mass is 35.5. The van der Waals surface area contributed by atoms with Crippen LogP contribution in [0.25, 0.3) is 11.1 Å². The average molecular weight is 512 g/mol. The fourth-order valence-corrected chi connectivity index (χ4v) is 5.59. The van der Waals surface area contributed by atoms with Gasteiger partial charge in [0, 0.05) is 30.0 Å². The summed E-state index contributed by atoms with van der Waals surface area (Å²) in [5.74, 6) is -0.261. The van der Waals surface area contributed by atoms with Gasteiger partial charge in [0.1, 0.15) is 23.3 Å². The standard InChI is InChI=1S/C29H28ClF2NO3/c1-28(2,3)36-27(34)33-17-20(31)14-24(33)29(19-12-8-5-9-13-19)16-21-23(35-29)15-22(32)26(30)25(21)18-10-6-4-7-11-18/h4-13,15,20,24H,14,16-17H2,1-3H3/t20-,24?,29+/m1/s1. The summed E-state index contributed by atoms with van der Waals surface area (Å²) in [6.07, 6.45) is -1.49. The molecule has 2 heterocycles. The molecule has 0 saturated carbocycles. The highest BCUT2D eigenvalue weighted by Gasteiger charge is 2.56. The number of likely N-dealkylation sites (tertiary alicyclic amines) is 1. The minimum absolute atomic E-state index is 0.00574. The maximum absolute atomic E-state index is 15.0. The van der Waals surface area contributed by atoms with Crippen LogP contribution in [-0.2, 0) is 16.8 Å². The maximum atomic E-state index is 15.0. The van der Waals surface area contributed by atoms with Crippen molar-refractivity contribution in [2.75, 3.05) is 6.54 Å². The SMILES string of the molecule is CC(C)(C)OC(=O)N1C[C@H](F)CC1[C@@]1(c2ccccc2)Cc2c(cc(F)c(Cl)c2-c2ccccc2)O1. The molecule has 0 spiro atoms. The van der Waals surface area contributed by atoms with E-state index in [1.54, 1.807) is 20.8 Å². The molecule has 2 aliphatic heterocycles. The summed E-state index contributed by atoms with van der Waals surface area (Å²) in [7, 11) is 0. The van der Waals surface area contributed by atoms with Crippen LogP contribution in [0.15, 0.2) is 66.7 Å². The van der Waals surface area contributed by atoms with Gasteiger partial charge in [0.25, 0.3) is 0 Å². The first-order valence-corrected chi connectivity index (χ1v) is 12.4. The summed E-state index contributed by atoms with van der Waals surface area (Å²) in [4.78, 5) is 14.6. The number of amides is 1. The summed E-state index contributed by atoms with van der Waals surface area (Å²) >= 11 is 6.51. The third kappa shape index (κ3) is 4.32. The third-order valence-electron chi connectivity index (χ3n) is 6.76. The van der Waals surface area contributed by atoms with Crippen LogP contribution in [0.1, 0.15) is 38.3 Å². The number of carbonyl (C=O) groups is 1. The van der Waals surface area contributed by atoms with Gasteiger partial charge in [-0.15, -0.1) is 0 Å². The Morgan fingerprint density at radius 1 is 1.11 bits per heavy atom. The molecule has 4 nitrogen and oxygen atoms in total. The zero-order valence-corrected chi connectivity index (χ0v) is 21.2. The van der Waals surface area contributed by atoms with E-state index < -0.39 is 35.3 Å². The molecule has 0 aromatic heterocycles. The first kappa shape index (κ1) is 24.6. The summed E-state index contributed by atoms with van der Waals surface area (Å²) in [5.41, 5.74) is 0.898. The zero-order chi connectivity index (χ0) is 25.7. The lowest BCUT2D eigenvalue weighted by atomic mass is 9.80. The number of halogens is 3. The van der Waals surface area contributed by atoms with Crippen molar-refractivity contribution in [1.29, 1.82) is 0 Å². The topological polar surface area (TPSA) is 38.8 Å². The molecule has 5 rings (SSSR count). The van der Waals surface area contributed by atoms with Crippen molar-refractivity contribution in [2.45, 2.75) is 57.0 Å². The molecule has 1 unspecified atom stereocenters. The molecule has 1 amide bonds. The van der Waals surface area contributed by atoms with Crippen LogP contribution in [0.5, 0.6) is 5.75 Å². The van der Waals surface area contributed by atoms with Crippen molar-refractivity contribution >= 4 is 17.7 Å². The molecule has 0 aliphatic carbocycles. The Labute approximate surface area is 214 Å². The van der Waals surface area contributed by atoms with E-state index in [1.165, 1.54) is 11.0 Å². The molecule has 0 radical (unpaired) electrons. The first-order chi connectivity index (χ1) is 17.1. The molecule has 36 heavy (non-hydrogen) atoms. The Morgan fingerprint density at radius 3 is 2.39 bits per heavy atom. The van der Waals surface area contributed by atoms with Crippen molar-refractivity contribution in [2.24, 2.45) is 0 Å². The average Bonchev–Trinajstić information content (AvgIpc) is 3.41. The lowest BCUT2D eigenvalue weighted by Crippen LogP contribution is -2.53. The molecule has 1 fully saturated rings. The fraction of sp³-hybridized carbons (Fsp3) is 0.345. The number of fused-ring (bicyclic) bond motifs is 1. The highest BCUT2D eigenvalue weighted by molar-refractivity contribution is 6.33. The van der Waals surface area contributed by atoms with Gasteiger partial charge in [-0.1, -0.05) is 72.3 Å². The summed E-state index contributed by atoms with van der Waals surface area (Å²) < 4.78 is 42.3. The fourth-order valence-electron chi connectivity index (χ4n) is 5.32. The summed E-state index contributed by atoms with van der Waals surface area (Å²) in [6.45, 7) is 5.21. The van der Waals surface area contributed by atoms with Crippen LogP contribution in [-0.4, -0.2) is 35.4 Å². The largest absolute Gasteiger partial charge is 0.480 e. The number of ether oxygens (including phenoxy) is 2. The molecule has 0 N–H and O–H groups in total. The quantitative estimate of drug-likeness (QED) is 0.369. The Kier molecular flexibility index (Phi) is 6.19. The minimum Gasteiger partial charge on any atom is -0.480 e. The van der Waals surface area contributed by atoms with Crippen molar-refractivity contribution in [3.63, 3.8) is 0 Å². The number of rotatable bonds is 3. The minimum atomic E-state index is -1.25. The van der Waals surface area contributed by atoms with E-state index in [9.17, 15) is 9.18 Å². The Balaban J connectivity index is 1.66.